The summed E-state index contributed by atoms with van der Waals surface area (Å²) >= 11 is 0. The third-order valence-electron chi connectivity index (χ3n) is 5.66. The number of aromatic amines is 1. The van der Waals surface area contributed by atoms with Gasteiger partial charge in [0.1, 0.15) is 0 Å². The number of Topliss-reactive ketones (excluding diaryl/α,β-unsaturated/α-hetero) is 1. The monoisotopic (exact) mass is 375 g/mol. The van der Waals surface area contributed by atoms with E-state index >= 15 is 0 Å². The molecule has 1 atom stereocenters. The molecule has 0 bridgehead atoms. The Labute approximate surface area is 169 Å². The van der Waals surface area contributed by atoms with Crippen LogP contribution in [-0.4, -0.2) is 10.8 Å². The maximum atomic E-state index is 13.1. The van der Waals surface area contributed by atoms with Gasteiger partial charge in [-0.2, -0.15) is 0 Å². The summed E-state index contributed by atoms with van der Waals surface area (Å²) in [4.78, 5) is 16.5. The highest BCUT2D eigenvalue weighted by atomic mass is 16.1. The minimum Gasteiger partial charge on any atom is -0.361 e. The van der Waals surface area contributed by atoms with E-state index in [1.54, 1.807) is 0 Å². The van der Waals surface area contributed by atoms with Crippen molar-refractivity contribution < 1.29 is 4.79 Å². The van der Waals surface area contributed by atoms with Crippen molar-refractivity contribution in [2.45, 2.75) is 12.3 Å². The molecule has 5 aromatic rings. The number of carbonyl (C=O) groups excluding carboxylic acids is 1. The van der Waals surface area contributed by atoms with Crippen LogP contribution >= 0.6 is 0 Å². The first-order chi connectivity index (χ1) is 14.3. The molecule has 1 unspecified atom stereocenters. The average molecular weight is 375 g/mol. The molecule has 0 aliphatic rings. The van der Waals surface area contributed by atoms with Crippen molar-refractivity contribution in [2.24, 2.45) is 0 Å². The molecule has 2 heteroatoms. The Kier molecular flexibility index (Phi) is 4.45. The van der Waals surface area contributed by atoms with E-state index < -0.39 is 0 Å². The molecule has 29 heavy (non-hydrogen) atoms. The van der Waals surface area contributed by atoms with Crippen LogP contribution < -0.4 is 0 Å². The minimum absolute atomic E-state index is 0.0107. The largest absolute Gasteiger partial charge is 0.361 e. The summed E-state index contributed by atoms with van der Waals surface area (Å²) in [6, 6.07) is 32.8. The van der Waals surface area contributed by atoms with E-state index in [4.69, 9.17) is 0 Å². The molecular formula is C27H21NO. The Morgan fingerprint density at radius 3 is 2.34 bits per heavy atom. The van der Waals surface area contributed by atoms with Gasteiger partial charge in [0, 0.05) is 35.0 Å². The zero-order valence-corrected chi connectivity index (χ0v) is 16.0. The van der Waals surface area contributed by atoms with Crippen LogP contribution in [0.5, 0.6) is 0 Å². The molecule has 1 N–H and O–H groups in total. The van der Waals surface area contributed by atoms with Crippen LogP contribution in [-0.2, 0) is 0 Å². The molecule has 0 radical (unpaired) electrons. The van der Waals surface area contributed by atoms with Crippen molar-refractivity contribution in [3.8, 4) is 0 Å². The molecule has 1 heterocycles. The first-order valence-corrected chi connectivity index (χ1v) is 9.92. The van der Waals surface area contributed by atoms with Crippen molar-refractivity contribution in [3.05, 3.63) is 120 Å². The number of para-hydroxylation sites is 1. The summed E-state index contributed by atoms with van der Waals surface area (Å²) in [5.41, 5.74) is 4.19. The first kappa shape index (κ1) is 17.4. The Morgan fingerprint density at radius 2 is 1.48 bits per heavy atom. The van der Waals surface area contributed by atoms with Gasteiger partial charge in [-0.25, -0.2) is 0 Å². The number of hydrogen-bond acceptors (Lipinski definition) is 1. The predicted octanol–water partition coefficient (Wildman–Crippen LogP) is 6.73. The van der Waals surface area contributed by atoms with Crippen LogP contribution in [0, 0.1) is 0 Å². The predicted molar refractivity (Wildman–Crippen MR) is 119 cm³/mol. The molecule has 140 valence electrons. The Bertz CT molecular complexity index is 1300. The summed E-state index contributed by atoms with van der Waals surface area (Å²) in [5, 5.41) is 3.58. The highest BCUT2D eigenvalue weighted by molar-refractivity contribution is 5.97. The van der Waals surface area contributed by atoms with Crippen LogP contribution in [0.4, 0.5) is 0 Å². The van der Waals surface area contributed by atoms with E-state index in [9.17, 15) is 4.79 Å². The minimum atomic E-state index is -0.0107. The highest BCUT2D eigenvalue weighted by Gasteiger charge is 2.22. The summed E-state index contributed by atoms with van der Waals surface area (Å²) in [5.74, 6) is 0.150. The topological polar surface area (TPSA) is 32.9 Å². The number of hydrogen-bond donors (Lipinski definition) is 1. The van der Waals surface area contributed by atoms with Gasteiger partial charge in [0.2, 0.25) is 0 Å². The number of carbonyl (C=O) groups is 1. The van der Waals surface area contributed by atoms with Gasteiger partial charge < -0.3 is 4.98 Å². The molecule has 0 aliphatic carbocycles. The van der Waals surface area contributed by atoms with Gasteiger partial charge in [-0.3, -0.25) is 4.79 Å². The van der Waals surface area contributed by atoms with Crippen molar-refractivity contribution in [1.82, 2.24) is 4.98 Å². The summed E-state index contributed by atoms with van der Waals surface area (Å²) < 4.78 is 0. The van der Waals surface area contributed by atoms with Crippen LogP contribution in [0.25, 0.3) is 21.7 Å². The van der Waals surface area contributed by atoms with Crippen LogP contribution in [0.15, 0.2) is 103 Å². The van der Waals surface area contributed by atoms with Gasteiger partial charge >= 0.3 is 0 Å². The average Bonchev–Trinajstić information content (AvgIpc) is 3.21. The van der Waals surface area contributed by atoms with Crippen LogP contribution in [0.3, 0.4) is 0 Å². The number of fused-ring (bicyclic) bond motifs is 2. The van der Waals surface area contributed by atoms with E-state index in [2.05, 4.69) is 71.8 Å². The lowest BCUT2D eigenvalue weighted by atomic mass is 9.85. The molecule has 0 amide bonds. The summed E-state index contributed by atoms with van der Waals surface area (Å²) in [6.45, 7) is 0. The van der Waals surface area contributed by atoms with Crippen molar-refractivity contribution in [2.75, 3.05) is 0 Å². The Morgan fingerprint density at radius 1 is 0.759 bits per heavy atom. The van der Waals surface area contributed by atoms with E-state index in [1.807, 2.05) is 36.4 Å². The van der Waals surface area contributed by atoms with E-state index in [0.29, 0.717) is 6.42 Å². The second-order valence-electron chi connectivity index (χ2n) is 7.44. The number of aromatic nitrogens is 1. The molecule has 0 saturated carbocycles. The van der Waals surface area contributed by atoms with E-state index in [-0.39, 0.29) is 11.7 Å². The summed E-state index contributed by atoms with van der Waals surface area (Å²) in [6.07, 6.45) is 2.49. The maximum absolute atomic E-state index is 13.1. The molecule has 0 aliphatic heterocycles. The van der Waals surface area contributed by atoms with Crippen LogP contribution in [0.1, 0.15) is 33.8 Å². The molecule has 5 rings (SSSR count). The molecule has 0 fully saturated rings. The third-order valence-corrected chi connectivity index (χ3v) is 5.66. The fourth-order valence-electron chi connectivity index (χ4n) is 4.14. The second-order valence-corrected chi connectivity index (χ2v) is 7.44. The van der Waals surface area contributed by atoms with E-state index in [1.165, 1.54) is 21.7 Å². The molecule has 0 saturated heterocycles. The highest BCUT2D eigenvalue weighted by Crippen LogP contribution is 2.35. The molecule has 2 nitrogen and oxygen atoms in total. The van der Waals surface area contributed by atoms with E-state index in [0.717, 1.165) is 16.6 Å². The third kappa shape index (κ3) is 3.34. The number of rotatable bonds is 5. The normalized spacial score (nSPS) is 12.3. The van der Waals surface area contributed by atoms with Gasteiger partial charge in [0.05, 0.1) is 0 Å². The quantitative estimate of drug-likeness (QED) is 0.340. The number of H-pyrrole nitrogens is 1. The van der Waals surface area contributed by atoms with Crippen molar-refractivity contribution in [1.29, 1.82) is 0 Å². The number of nitrogens with one attached hydrogen (secondary N) is 1. The molecular weight excluding hydrogens is 354 g/mol. The SMILES string of the molecule is O=C(CC(c1ccc2ccccc2c1)c1c[nH]c2ccccc12)c1ccccc1. The standard InChI is InChI=1S/C27H21NO/c29-27(20-9-2-1-3-10-20)17-24(25-18-28-26-13-7-6-12-23(25)26)22-15-14-19-8-4-5-11-21(19)16-22/h1-16,18,24,28H,17H2. The fourth-order valence-corrected chi connectivity index (χ4v) is 4.14. The molecule has 0 spiro atoms. The lowest BCUT2D eigenvalue weighted by Gasteiger charge is -2.18. The molecule has 1 aromatic heterocycles. The lowest BCUT2D eigenvalue weighted by Crippen LogP contribution is -2.09. The van der Waals surface area contributed by atoms with Crippen molar-refractivity contribution >= 4 is 27.5 Å². The number of ketones is 1. The van der Waals surface area contributed by atoms with Crippen molar-refractivity contribution in [3.63, 3.8) is 0 Å². The Hall–Kier alpha value is -3.65. The molecule has 4 aromatic carbocycles. The fraction of sp³-hybridized carbons (Fsp3) is 0.0741. The summed E-state index contributed by atoms with van der Waals surface area (Å²) in [7, 11) is 0. The van der Waals surface area contributed by atoms with Gasteiger partial charge in [-0.15, -0.1) is 0 Å². The second kappa shape index (κ2) is 7.40. The zero-order valence-electron chi connectivity index (χ0n) is 16.0. The van der Waals surface area contributed by atoms with Gasteiger partial charge in [0.25, 0.3) is 0 Å². The lowest BCUT2D eigenvalue weighted by molar-refractivity contribution is 0.0978. The first-order valence-electron chi connectivity index (χ1n) is 9.92. The zero-order chi connectivity index (χ0) is 19.6. The van der Waals surface area contributed by atoms with Gasteiger partial charge in [-0.05, 0) is 28.0 Å². The van der Waals surface area contributed by atoms with Gasteiger partial charge in [-0.1, -0.05) is 91.0 Å². The number of benzene rings is 4. The van der Waals surface area contributed by atoms with Crippen LogP contribution in [0.2, 0.25) is 0 Å². The Balaban J connectivity index is 1.63. The smallest absolute Gasteiger partial charge is 0.163 e. The van der Waals surface area contributed by atoms with Gasteiger partial charge in [0.15, 0.2) is 5.78 Å². The maximum Gasteiger partial charge on any atom is 0.163 e.